The average molecular weight is 277 g/mol. The zero-order valence-corrected chi connectivity index (χ0v) is 11.3. The van der Waals surface area contributed by atoms with Gasteiger partial charge in [-0.05, 0) is 18.1 Å². The number of aliphatic imine (C=N–C) groups is 1. The fourth-order valence-electron chi connectivity index (χ4n) is 1.82. The Morgan fingerprint density at radius 1 is 1.29 bits per heavy atom. The van der Waals surface area contributed by atoms with Crippen LogP contribution in [0.1, 0.15) is 11.1 Å². The molecule has 2 aromatic rings. The van der Waals surface area contributed by atoms with Crippen molar-refractivity contribution in [2.45, 2.75) is 13.5 Å². The summed E-state index contributed by atoms with van der Waals surface area (Å²) in [4.78, 5) is 15.0. The molecule has 0 amide bonds. The number of hydrogen-bond acceptors (Lipinski definition) is 5. The smallest absolute Gasteiger partial charge is 0.264 e. The lowest BCUT2D eigenvalue weighted by Gasteiger charge is -2.04. The summed E-state index contributed by atoms with van der Waals surface area (Å²) in [7, 11) is 0. The lowest BCUT2D eigenvalue weighted by atomic mass is 10.1. The highest BCUT2D eigenvalue weighted by Gasteiger charge is 2.04. The summed E-state index contributed by atoms with van der Waals surface area (Å²) in [5.41, 5.74) is 2.88. The Morgan fingerprint density at radius 3 is 2.52 bits per heavy atom. The summed E-state index contributed by atoms with van der Waals surface area (Å²) in [6.45, 7) is 2.09. The summed E-state index contributed by atoms with van der Waals surface area (Å²) >= 11 is 0. The van der Waals surface area contributed by atoms with Crippen LogP contribution in [0.2, 0.25) is 0 Å². The van der Waals surface area contributed by atoms with Crippen LogP contribution in [0.3, 0.4) is 0 Å². The highest BCUT2D eigenvalue weighted by Crippen LogP contribution is 2.19. The van der Waals surface area contributed by atoms with E-state index in [2.05, 4.69) is 15.2 Å². The Hall–Kier alpha value is -3.25. The molecule has 1 N–H and O–H groups in total. The minimum absolute atomic E-state index is 0.141. The second-order valence-electron chi connectivity index (χ2n) is 4.35. The molecule has 0 radical (unpaired) electrons. The van der Waals surface area contributed by atoms with Gasteiger partial charge in [-0.2, -0.15) is 15.6 Å². The number of nitrogens with zero attached hydrogens (tertiary/aromatic N) is 4. The third kappa shape index (κ3) is 3.40. The maximum Gasteiger partial charge on any atom is 0.264 e. The Bertz CT molecular complexity index is 803. The molecule has 6 nitrogen and oxygen atoms in total. The maximum atomic E-state index is 11.1. The van der Waals surface area contributed by atoms with Gasteiger partial charge in [0.2, 0.25) is 5.71 Å². The summed E-state index contributed by atoms with van der Waals surface area (Å²) in [6.07, 6.45) is 0. The van der Waals surface area contributed by atoms with E-state index in [0.717, 1.165) is 16.7 Å². The number of aryl methyl sites for hydroxylation is 1. The molecule has 0 aliphatic heterocycles. The number of benzene rings is 1. The van der Waals surface area contributed by atoms with E-state index in [9.17, 15) is 4.79 Å². The molecule has 0 aliphatic rings. The first-order chi connectivity index (χ1) is 10.1. The Balaban J connectivity index is 2.24. The van der Waals surface area contributed by atoms with Crippen LogP contribution in [0.4, 0.5) is 0 Å². The second kappa shape index (κ2) is 6.27. The van der Waals surface area contributed by atoms with Crippen LogP contribution in [0.5, 0.6) is 0 Å². The van der Waals surface area contributed by atoms with E-state index in [1.807, 2.05) is 31.2 Å². The van der Waals surface area contributed by atoms with Gasteiger partial charge in [-0.25, -0.2) is 5.10 Å². The van der Waals surface area contributed by atoms with Gasteiger partial charge in [0.25, 0.3) is 5.56 Å². The highest BCUT2D eigenvalue weighted by atomic mass is 16.1. The molecule has 0 bridgehead atoms. The number of aromatic amines is 1. The fraction of sp³-hybridized carbons (Fsp3) is 0.133. The molecule has 0 aliphatic carbocycles. The van der Waals surface area contributed by atoms with Gasteiger partial charge in [0.05, 0.1) is 12.2 Å². The molecule has 2 rings (SSSR count). The van der Waals surface area contributed by atoms with Gasteiger partial charge in [0.1, 0.15) is 12.1 Å². The molecule has 0 fully saturated rings. The molecule has 1 aromatic carbocycles. The first-order valence-corrected chi connectivity index (χ1v) is 6.14. The number of nitriles is 2. The molecular weight excluding hydrogens is 266 g/mol. The highest BCUT2D eigenvalue weighted by molar-refractivity contribution is 6.10. The van der Waals surface area contributed by atoms with E-state index in [1.54, 1.807) is 12.1 Å². The molecule has 6 heteroatoms. The molecule has 1 aromatic heterocycles. The van der Waals surface area contributed by atoms with Crippen molar-refractivity contribution in [3.05, 3.63) is 51.8 Å². The largest absolute Gasteiger partial charge is 0.268 e. The van der Waals surface area contributed by atoms with Crippen LogP contribution in [-0.2, 0) is 6.54 Å². The van der Waals surface area contributed by atoms with Crippen molar-refractivity contribution >= 4 is 5.71 Å². The number of nitrogens with one attached hydrogen (secondary N) is 1. The van der Waals surface area contributed by atoms with Gasteiger partial charge in [-0.1, -0.05) is 24.3 Å². The molecule has 0 unspecified atom stereocenters. The molecule has 1 heterocycles. The molecule has 0 saturated carbocycles. The monoisotopic (exact) mass is 277 g/mol. The zero-order chi connectivity index (χ0) is 15.2. The van der Waals surface area contributed by atoms with Gasteiger partial charge < -0.3 is 0 Å². The third-order valence-corrected chi connectivity index (χ3v) is 2.86. The van der Waals surface area contributed by atoms with Crippen LogP contribution in [-0.4, -0.2) is 15.9 Å². The number of hydrogen-bond donors (Lipinski definition) is 1. The molecule has 0 saturated heterocycles. The second-order valence-corrected chi connectivity index (χ2v) is 4.35. The predicted octanol–water partition coefficient (Wildman–Crippen LogP) is 1.73. The van der Waals surface area contributed by atoms with Crippen molar-refractivity contribution in [2.24, 2.45) is 4.99 Å². The SMILES string of the molecule is Cc1cc(=O)[nH]nc1-c1ccc(CN=C(C#N)C#N)cc1. The quantitative estimate of drug-likeness (QED) is 0.862. The van der Waals surface area contributed by atoms with Crippen LogP contribution >= 0.6 is 0 Å². The number of aromatic nitrogens is 2. The van der Waals surface area contributed by atoms with E-state index >= 15 is 0 Å². The van der Waals surface area contributed by atoms with Gasteiger partial charge >= 0.3 is 0 Å². The van der Waals surface area contributed by atoms with Crippen LogP contribution in [0.15, 0.2) is 40.1 Å². The summed E-state index contributed by atoms with van der Waals surface area (Å²) < 4.78 is 0. The Labute approximate surface area is 121 Å². The molecule has 21 heavy (non-hydrogen) atoms. The standard InChI is InChI=1S/C15H11N5O/c1-10-6-14(21)19-20-15(10)12-4-2-11(3-5-12)9-18-13(7-16)8-17/h2-6H,9H2,1H3,(H,19,21). The van der Waals surface area contributed by atoms with E-state index in [1.165, 1.54) is 6.07 Å². The first kappa shape index (κ1) is 14.2. The van der Waals surface area contributed by atoms with Crippen molar-refractivity contribution in [3.8, 4) is 23.4 Å². The van der Waals surface area contributed by atoms with Crippen LogP contribution in [0.25, 0.3) is 11.3 Å². The normalized spacial score (nSPS) is 9.48. The van der Waals surface area contributed by atoms with Crippen LogP contribution < -0.4 is 5.56 Å². The fourth-order valence-corrected chi connectivity index (χ4v) is 1.82. The van der Waals surface area contributed by atoms with Gasteiger partial charge in [-0.15, -0.1) is 0 Å². The minimum Gasteiger partial charge on any atom is -0.268 e. The first-order valence-electron chi connectivity index (χ1n) is 6.14. The average Bonchev–Trinajstić information content (AvgIpc) is 2.49. The molecule has 0 atom stereocenters. The number of rotatable bonds is 3. The van der Waals surface area contributed by atoms with Crippen molar-refractivity contribution < 1.29 is 0 Å². The van der Waals surface area contributed by atoms with Gasteiger partial charge in [0.15, 0.2) is 0 Å². The van der Waals surface area contributed by atoms with Crippen molar-refractivity contribution in [3.63, 3.8) is 0 Å². The van der Waals surface area contributed by atoms with Gasteiger partial charge in [0, 0.05) is 11.6 Å². The number of H-pyrrole nitrogens is 1. The van der Waals surface area contributed by atoms with E-state index in [4.69, 9.17) is 10.5 Å². The third-order valence-electron chi connectivity index (χ3n) is 2.86. The Morgan fingerprint density at radius 2 is 1.95 bits per heavy atom. The van der Waals surface area contributed by atoms with Crippen molar-refractivity contribution in [1.82, 2.24) is 10.2 Å². The lowest BCUT2D eigenvalue weighted by molar-refractivity contribution is 0.980. The topological polar surface area (TPSA) is 106 Å². The van der Waals surface area contributed by atoms with E-state index < -0.39 is 0 Å². The maximum absolute atomic E-state index is 11.1. The Kier molecular flexibility index (Phi) is 4.23. The summed E-state index contributed by atoms with van der Waals surface area (Å²) in [5, 5.41) is 23.7. The summed E-state index contributed by atoms with van der Waals surface area (Å²) in [5.74, 6) is 0. The molecule has 0 spiro atoms. The predicted molar refractivity (Wildman–Crippen MR) is 77.4 cm³/mol. The van der Waals surface area contributed by atoms with Crippen LogP contribution in [0, 0.1) is 29.6 Å². The van der Waals surface area contributed by atoms with Crippen molar-refractivity contribution in [1.29, 1.82) is 10.5 Å². The van der Waals surface area contributed by atoms with E-state index in [-0.39, 0.29) is 17.8 Å². The minimum atomic E-state index is -0.234. The van der Waals surface area contributed by atoms with E-state index in [0.29, 0.717) is 5.69 Å². The summed E-state index contributed by atoms with van der Waals surface area (Å²) in [6, 6.07) is 12.3. The molecular formula is C15H11N5O. The lowest BCUT2D eigenvalue weighted by Crippen LogP contribution is -2.08. The van der Waals surface area contributed by atoms with Crippen molar-refractivity contribution in [2.75, 3.05) is 0 Å². The molecule has 102 valence electrons. The zero-order valence-electron chi connectivity index (χ0n) is 11.3. The van der Waals surface area contributed by atoms with Gasteiger partial charge in [-0.3, -0.25) is 9.79 Å².